The molecule has 0 fully saturated rings. The molecule has 6 heteroatoms. The monoisotopic (exact) mass is 305 g/mol. The maximum atomic E-state index is 5.78. The van der Waals surface area contributed by atoms with Gasteiger partial charge in [-0.25, -0.2) is 0 Å². The van der Waals surface area contributed by atoms with Crippen LogP contribution in [0.15, 0.2) is 22.7 Å². The summed E-state index contributed by atoms with van der Waals surface area (Å²) in [6.07, 6.45) is 0. The summed E-state index contributed by atoms with van der Waals surface area (Å²) in [7, 11) is 1.62. The summed E-state index contributed by atoms with van der Waals surface area (Å²) in [6.45, 7) is 5.85. The van der Waals surface area contributed by atoms with Crippen LogP contribution in [0.3, 0.4) is 0 Å². The molecule has 1 aromatic carbocycles. The summed E-state index contributed by atoms with van der Waals surface area (Å²) in [4.78, 5) is 0.339. The molecule has 21 heavy (non-hydrogen) atoms. The number of hydrogen-bond donors (Lipinski definition) is 2. The number of nitrogens with zero attached hydrogens (tertiary/aromatic N) is 1. The predicted octanol–water partition coefficient (Wildman–Crippen LogP) is 3.11. The van der Waals surface area contributed by atoms with E-state index in [1.54, 1.807) is 7.11 Å². The lowest BCUT2D eigenvalue weighted by Crippen LogP contribution is -2.15. The van der Waals surface area contributed by atoms with E-state index in [1.807, 2.05) is 39.0 Å². The molecule has 0 radical (unpaired) electrons. The van der Waals surface area contributed by atoms with E-state index in [0.29, 0.717) is 4.99 Å². The van der Waals surface area contributed by atoms with Crippen LogP contribution < -0.4 is 15.8 Å². The van der Waals surface area contributed by atoms with Crippen molar-refractivity contribution in [1.82, 2.24) is 5.16 Å². The van der Waals surface area contributed by atoms with E-state index in [2.05, 4.69) is 10.5 Å². The number of thiocarbonyl (C=S) groups is 1. The quantitative estimate of drug-likeness (QED) is 0.827. The van der Waals surface area contributed by atoms with Gasteiger partial charge >= 0.3 is 0 Å². The van der Waals surface area contributed by atoms with Gasteiger partial charge in [-0.2, -0.15) is 0 Å². The molecule has 0 spiro atoms. The van der Waals surface area contributed by atoms with Crippen LogP contribution in [0.25, 0.3) is 0 Å². The van der Waals surface area contributed by atoms with Crippen molar-refractivity contribution in [3.63, 3.8) is 0 Å². The fourth-order valence-electron chi connectivity index (χ4n) is 2.40. The first-order valence-electron chi connectivity index (χ1n) is 6.61. The van der Waals surface area contributed by atoms with Crippen LogP contribution in [0, 0.1) is 13.8 Å². The molecule has 2 rings (SSSR count). The number of rotatable bonds is 5. The first-order valence-corrected chi connectivity index (χ1v) is 7.02. The number of methoxy groups -OCH3 is 1. The number of aromatic nitrogens is 1. The Morgan fingerprint density at radius 2 is 2.14 bits per heavy atom. The van der Waals surface area contributed by atoms with E-state index in [1.165, 1.54) is 0 Å². The van der Waals surface area contributed by atoms with Crippen molar-refractivity contribution in [2.24, 2.45) is 5.73 Å². The van der Waals surface area contributed by atoms with Crippen molar-refractivity contribution < 1.29 is 9.26 Å². The average molecular weight is 305 g/mol. The van der Waals surface area contributed by atoms with Gasteiger partial charge in [0.2, 0.25) is 0 Å². The third-order valence-corrected chi connectivity index (χ3v) is 3.61. The van der Waals surface area contributed by atoms with Gasteiger partial charge in [-0.3, -0.25) is 0 Å². The van der Waals surface area contributed by atoms with Crippen LogP contribution in [0.4, 0.5) is 5.69 Å². The molecule has 0 saturated heterocycles. The molecule has 0 aliphatic rings. The molecular weight excluding hydrogens is 286 g/mol. The van der Waals surface area contributed by atoms with Crippen molar-refractivity contribution in [2.75, 3.05) is 12.4 Å². The van der Waals surface area contributed by atoms with Gasteiger partial charge in [-0.05, 0) is 32.9 Å². The van der Waals surface area contributed by atoms with Gasteiger partial charge in [-0.15, -0.1) is 0 Å². The number of hydrogen-bond acceptors (Lipinski definition) is 5. The minimum absolute atomic E-state index is 0.0106. The first kappa shape index (κ1) is 15.3. The predicted molar refractivity (Wildman–Crippen MR) is 86.9 cm³/mol. The van der Waals surface area contributed by atoms with Crippen molar-refractivity contribution in [1.29, 1.82) is 0 Å². The number of ether oxygens (including phenoxy) is 1. The summed E-state index contributed by atoms with van der Waals surface area (Å²) in [5, 5.41) is 7.38. The number of benzene rings is 1. The molecule has 0 bridgehead atoms. The van der Waals surface area contributed by atoms with Crippen LogP contribution >= 0.6 is 12.2 Å². The third-order valence-electron chi connectivity index (χ3n) is 3.39. The van der Waals surface area contributed by atoms with E-state index < -0.39 is 0 Å². The molecule has 1 atom stereocenters. The highest BCUT2D eigenvalue weighted by atomic mass is 32.1. The van der Waals surface area contributed by atoms with Crippen LogP contribution in [0.1, 0.15) is 35.5 Å². The Balaban J connectivity index is 2.36. The van der Waals surface area contributed by atoms with Crippen LogP contribution in [-0.4, -0.2) is 17.3 Å². The van der Waals surface area contributed by atoms with Gasteiger partial charge in [0, 0.05) is 22.9 Å². The summed E-state index contributed by atoms with van der Waals surface area (Å²) in [6, 6.07) is 5.57. The van der Waals surface area contributed by atoms with Gasteiger partial charge in [0.25, 0.3) is 0 Å². The SMILES string of the molecule is COc1ccc(C(N)=S)c(NC(C)c2c(C)noc2C)c1. The van der Waals surface area contributed by atoms with Crippen LogP contribution in [0.5, 0.6) is 5.75 Å². The molecule has 1 heterocycles. The lowest BCUT2D eigenvalue weighted by molar-refractivity contribution is 0.392. The Bertz CT molecular complexity index is 647. The van der Waals surface area contributed by atoms with Crippen molar-refractivity contribution in [3.8, 4) is 5.75 Å². The molecule has 0 amide bonds. The summed E-state index contributed by atoms with van der Waals surface area (Å²) in [5.41, 5.74) is 9.29. The average Bonchev–Trinajstić information content (AvgIpc) is 2.77. The van der Waals surface area contributed by atoms with Crippen molar-refractivity contribution >= 4 is 22.9 Å². The molecule has 1 unspecified atom stereocenters. The largest absolute Gasteiger partial charge is 0.497 e. The molecule has 2 aromatic rings. The van der Waals surface area contributed by atoms with Gasteiger partial charge in [0.1, 0.15) is 16.5 Å². The van der Waals surface area contributed by atoms with Crippen molar-refractivity contribution in [2.45, 2.75) is 26.8 Å². The van der Waals surface area contributed by atoms with Crippen LogP contribution in [0.2, 0.25) is 0 Å². The summed E-state index contributed by atoms with van der Waals surface area (Å²) >= 11 is 5.10. The van der Waals surface area contributed by atoms with Crippen LogP contribution in [-0.2, 0) is 0 Å². The Morgan fingerprint density at radius 1 is 1.43 bits per heavy atom. The zero-order valence-corrected chi connectivity index (χ0v) is 13.4. The highest BCUT2D eigenvalue weighted by Gasteiger charge is 2.18. The Kier molecular flexibility index (Phi) is 4.47. The van der Waals surface area contributed by atoms with Gasteiger partial charge in [0.05, 0.1) is 18.8 Å². The molecule has 5 nitrogen and oxygen atoms in total. The smallest absolute Gasteiger partial charge is 0.139 e. The standard InChI is InChI=1S/C15H19N3O2S/c1-8(14-9(2)18-20-10(14)3)17-13-7-11(19-4)5-6-12(13)15(16)21/h5-8,17H,1-4H3,(H2,16,21). The molecular formula is C15H19N3O2S. The molecule has 0 aliphatic carbocycles. The van der Waals surface area contributed by atoms with E-state index in [-0.39, 0.29) is 6.04 Å². The lowest BCUT2D eigenvalue weighted by atomic mass is 10.1. The minimum atomic E-state index is 0.0106. The van der Waals surface area contributed by atoms with Gasteiger partial charge in [-0.1, -0.05) is 17.4 Å². The van der Waals surface area contributed by atoms with Crippen molar-refractivity contribution in [3.05, 3.63) is 40.8 Å². The summed E-state index contributed by atoms with van der Waals surface area (Å²) in [5.74, 6) is 1.54. The van der Waals surface area contributed by atoms with E-state index >= 15 is 0 Å². The number of nitrogens with two attached hydrogens (primary N) is 1. The lowest BCUT2D eigenvalue weighted by Gasteiger charge is -2.18. The molecule has 0 aliphatic heterocycles. The topological polar surface area (TPSA) is 73.3 Å². The molecule has 1 aromatic heterocycles. The second kappa shape index (κ2) is 6.13. The first-order chi connectivity index (χ1) is 9.93. The second-order valence-corrected chi connectivity index (χ2v) is 5.32. The highest BCUT2D eigenvalue weighted by Crippen LogP contribution is 2.29. The zero-order chi connectivity index (χ0) is 15.6. The Hall–Kier alpha value is -2.08. The molecule has 112 valence electrons. The number of anilines is 1. The summed E-state index contributed by atoms with van der Waals surface area (Å²) < 4.78 is 10.5. The second-order valence-electron chi connectivity index (χ2n) is 4.88. The Morgan fingerprint density at radius 3 is 2.67 bits per heavy atom. The normalized spacial score (nSPS) is 12.0. The van der Waals surface area contributed by atoms with E-state index in [0.717, 1.165) is 34.0 Å². The van der Waals surface area contributed by atoms with Gasteiger partial charge in [0.15, 0.2) is 0 Å². The number of aryl methyl sites for hydroxylation is 2. The van der Waals surface area contributed by atoms with E-state index in [4.69, 9.17) is 27.2 Å². The third kappa shape index (κ3) is 3.16. The molecule has 0 saturated carbocycles. The number of nitrogens with one attached hydrogen (secondary N) is 1. The van der Waals surface area contributed by atoms with E-state index in [9.17, 15) is 0 Å². The minimum Gasteiger partial charge on any atom is -0.497 e. The fourth-order valence-corrected chi connectivity index (χ4v) is 2.58. The maximum absolute atomic E-state index is 5.78. The van der Waals surface area contributed by atoms with Gasteiger partial charge < -0.3 is 20.3 Å². The highest BCUT2D eigenvalue weighted by molar-refractivity contribution is 7.80. The zero-order valence-electron chi connectivity index (χ0n) is 12.6. The Labute approximate surface area is 129 Å². The maximum Gasteiger partial charge on any atom is 0.139 e. The fraction of sp³-hybridized carbons (Fsp3) is 0.333. The molecule has 3 N–H and O–H groups in total.